The molecular weight excluding hydrogens is 921 g/mol. The second-order valence-electron chi connectivity index (χ2n) is 17.8. The number of hydrogen-bond donors (Lipinski definition) is 1. The molecule has 2 heterocycles. The van der Waals surface area contributed by atoms with Crippen LogP contribution in [-0.2, 0) is 42.6 Å². The predicted molar refractivity (Wildman–Crippen MR) is 254 cm³/mol. The molecule has 1 N–H and O–H groups in total. The molecule has 2 fully saturated rings. The highest BCUT2D eigenvalue weighted by Gasteiger charge is 2.57. The van der Waals surface area contributed by atoms with E-state index in [1.807, 2.05) is 0 Å². The zero-order valence-electron chi connectivity index (χ0n) is 39.3. The lowest BCUT2D eigenvalue weighted by Gasteiger charge is -2.48. The third-order valence-electron chi connectivity index (χ3n) is 11.5. The highest BCUT2D eigenvalue weighted by Crippen LogP contribution is 2.37. The number of methoxy groups -OCH3 is 1. The normalized spacial score (nSPS) is 24.3. The van der Waals surface area contributed by atoms with Crippen molar-refractivity contribution in [1.82, 2.24) is 0 Å². The SMILES string of the molecule is COc1ccc(C(=O)O[C@@H]2[C@H](OC(=O)c3ccccc3)[C@@H](OC(=O)c3ccccc3)[C@H](O[C@H]3[C@H](OC(=O)c4ccccc4)[C@@H](OC(=O)c4ccccc4)[C@H](OCC[Si](C)(C)C)O[C@@H]3C)O[C@@H]2CO)cc1. The lowest BCUT2D eigenvalue weighted by atomic mass is 9.96. The van der Waals surface area contributed by atoms with Gasteiger partial charge in [0.15, 0.2) is 43.1 Å². The molecule has 7 rings (SSSR count). The maximum absolute atomic E-state index is 14.2. The number of ether oxygens (including phenoxy) is 10. The summed E-state index contributed by atoms with van der Waals surface area (Å²) in [7, 11) is -0.214. The van der Waals surface area contributed by atoms with Crippen molar-refractivity contribution < 1.29 is 76.4 Å². The van der Waals surface area contributed by atoms with Crippen LogP contribution in [-0.4, -0.2) is 125 Å². The molecule has 0 bridgehead atoms. The minimum Gasteiger partial charge on any atom is -0.497 e. The lowest BCUT2D eigenvalue weighted by Crippen LogP contribution is -2.66. The first-order chi connectivity index (χ1) is 33.7. The Morgan fingerprint density at radius 2 is 0.857 bits per heavy atom. The van der Waals surface area contributed by atoms with E-state index in [2.05, 4.69) is 19.6 Å². The molecule has 0 unspecified atom stereocenters. The van der Waals surface area contributed by atoms with Crippen LogP contribution in [0, 0.1) is 0 Å². The van der Waals surface area contributed by atoms with Gasteiger partial charge in [-0.1, -0.05) is 92.4 Å². The number of benzene rings is 5. The fraction of sp³-hybridized carbons (Fsp3) is 0.340. The van der Waals surface area contributed by atoms with Crippen LogP contribution in [0.4, 0.5) is 0 Å². The van der Waals surface area contributed by atoms with Gasteiger partial charge in [-0.3, -0.25) is 0 Å². The fourth-order valence-corrected chi connectivity index (χ4v) is 8.44. The molecular formula is C53H56O16Si. The number of carbonyl (C=O) groups is 5. The quantitative estimate of drug-likeness (QED) is 0.0520. The van der Waals surface area contributed by atoms with E-state index >= 15 is 0 Å². The van der Waals surface area contributed by atoms with E-state index in [9.17, 15) is 29.1 Å². The van der Waals surface area contributed by atoms with E-state index in [1.54, 1.807) is 116 Å². The van der Waals surface area contributed by atoms with Crippen molar-refractivity contribution >= 4 is 37.9 Å². The zero-order chi connectivity index (χ0) is 49.8. The third kappa shape index (κ3) is 13.1. The van der Waals surface area contributed by atoms with Crippen molar-refractivity contribution in [2.24, 2.45) is 0 Å². The minimum atomic E-state index is -1.81. The third-order valence-corrected chi connectivity index (χ3v) is 13.2. The Labute approximate surface area is 406 Å². The summed E-state index contributed by atoms with van der Waals surface area (Å²) in [5, 5.41) is 11.0. The summed E-state index contributed by atoms with van der Waals surface area (Å²) in [6, 6.07) is 38.8. The van der Waals surface area contributed by atoms with Crippen LogP contribution in [0.1, 0.15) is 58.7 Å². The standard InChI is InChI=1S/C53H56O16Si/c1-33-41(43(65-47(55)34-18-10-6-11-19-34)45(52(62-33)61-30-31-70(3,4)5)67-49(57)36-22-14-8-15-23-36)69-53-46(68-50(58)37-24-16-9-17-25-37)44(66-48(56)35-20-12-7-13-21-35)42(40(32-54)63-53)64-51(59)38-26-28-39(60-2)29-27-38/h6-29,33,40-46,52-54H,30-32H2,1-5H3/t33-,40-,41-,42+,43+,44+,45-,46-,52-,53+/m1/s1. The molecule has 0 aromatic heterocycles. The van der Waals surface area contributed by atoms with Gasteiger partial charge in [0.25, 0.3) is 0 Å². The monoisotopic (exact) mass is 976 g/mol. The minimum absolute atomic E-state index is 0.0655. The van der Waals surface area contributed by atoms with Crippen molar-refractivity contribution in [2.75, 3.05) is 20.3 Å². The highest BCUT2D eigenvalue weighted by atomic mass is 28.3. The Morgan fingerprint density at radius 3 is 1.26 bits per heavy atom. The summed E-state index contributed by atoms with van der Waals surface area (Å²) < 4.78 is 62.1. The second-order valence-corrected chi connectivity index (χ2v) is 23.4. The molecule has 0 spiro atoms. The Morgan fingerprint density at radius 1 is 0.486 bits per heavy atom. The van der Waals surface area contributed by atoms with Gasteiger partial charge in [-0.2, -0.15) is 0 Å². The van der Waals surface area contributed by atoms with E-state index in [0.717, 1.165) is 0 Å². The summed E-state index contributed by atoms with van der Waals surface area (Å²) >= 11 is 0. The van der Waals surface area contributed by atoms with Crippen LogP contribution < -0.4 is 4.74 Å². The smallest absolute Gasteiger partial charge is 0.338 e. The number of rotatable bonds is 18. The maximum Gasteiger partial charge on any atom is 0.338 e. The van der Waals surface area contributed by atoms with Crippen LogP contribution in [0.25, 0.3) is 0 Å². The molecule has 0 radical (unpaired) electrons. The molecule has 5 aromatic rings. The average Bonchev–Trinajstić information content (AvgIpc) is 3.37. The van der Waals surface area contributed by atoms with Gasteiger partial charge in [0, 0.05) is 14.7 Å². The fourth-order valence-electron chi connectivity index (χ4n) is 7.71. The first-order valence-electron chi connectivity index (χ1n) is 22.8. The Bertz CT molecular complexity index is 2510. The van der Waals surface area contributed by atoms with E-state index in [0.29, 0.717) is 11.8 Å². The molecule has 0 amide bonds. The van der Waals surface area contributed by atoms with Crippen molar-refractivity contribution in [2.45, 2.75) is 94.0 Å². The molecule has 0 saturated carbocycles. The molecule has 2 aliphatic heterocycles. The number of hydrogen-bond acceptors (Lipinski definition) is 16. The number of aliphatic hydroxyl groups excluding tert-OH is 1. The van der Waals surface area contributed by atoms with E-state index in [1.165, 1.54) is 43.5 Å². The zero-order valence-corrected chi connectivity index (χ0v) is 40.3. The van der Waals surface area contributed by atoms with Gasteiger partial charge < -0.3 is 52.5 Å². The average molecular weight is 977 g/mol. The predicted octanol–water partition coefficient (Wildman–Crippen LogP) is 7.33. The van der Waals surface area contributed by atoms with E-state index in [-0.39, 0.29) is 34.4 Å². The Balaban J connectivity index is 1.32. The molecule has 0 aliphatic carbocycles. The number of aliphatic hydroxyl groups is 1. The van der Waals surface area contributed by atoms with Crippen LogP contribution in [0.2, 0.25) is 25.7 Å². The molecule has 16 nitrogen and oxygen atoms in total. The Hall–Kier alpha value is -6.73. The van der Waals surface area contributed by atoms with E-state index in [4.69, 9.17) is 47.4 Å². The molecule has 2 aliphatic rings. The number of esters is 5. The van der Waals surface area contributed by atoms with Crippen LogP contribution >= 0.6 is 0 Å². The van der Waals surface area contributed by atoms with Gasteiger partial charge in [-0.15, -0.1) is 0 Å². The van der Waals surface area contributed by atoms with Gasteiger partial charge in [0.1, 0.15) is 18.0 Å². The van der Waals surface area contributed by atoms with Crippen molar-refractivity contribution in [3.05, 3.63) is 173 Å². The molecule has 2 saturated heterocycles. The van der Waals surface area contributed by atoms with Crippen LogP contribution in [0.15, 0.2) is 146 Å². The van der Waals surface area contributed by atoms with Gasteiger partial charge in [-0.25, -0.2) is 24.0 Å². The summed E-state index contributed by atoms with van der Waals surface area (Å²) in [4.78, 5) is 70.3. The Kier molecular flexibility index (Phi) is 17.3. The summed E-state index contributed by atoms with van der Waals surface area (Å²) in [6.45, 7) is 7.49. The summed E-state index contributed by atoms with van der Waals surface area (Å²) in [5.74, 6) is -3.89. The highest BCUT2D eigenvalue weighted by molar-refractivity contribution is 6.76. The number of carbonyl (C=O) groups excluding carboxylic acids is 5. The lowest BCUT2D eigenvalue weighted by molar-refractivity contribution is -0.352. The first kappa shape index (κ1) is 51.1. The van der Waals surface area contributed by atoms with Crippen molar-refractivity contribution in [1.29, 1.82) is 0 Å². The molecule has 70 heavy (non-hydrogen) atoms. The van der Waals surface area contributed by atoms with E-state index < -0.39 is 106 Å². The second kappa shape index (κ2) is 23.7. The van der Waals surface area contributed by atoms with Crippen molar-refractivity contribution in [3.63, 3.8) is 0 Å². The molecule has 17 heteroatoms. The maximum atomic E-state index is 14.2. The molecule has 368 valence electrons. The first-order valence-corrected chi connectivity index (χ1v) is 26.5. The van der Waals surface area contributed by atoms with Crippen molar-refractivity contribution in [3.8, 4) is 5.75 Å². The van der Waals surface area contributed by atoms with Crippen LogP contribution in [0.5, 0.6) is 5.75 Å². The van der Waals surface area contributed by atoms with Gasteiger partial charge in [-0.05, 0) is 85.8 Å². The molecule has 10 atom stereocenters. The largest absolute Gasteiger partial charge is 0.497 e. The molecule has 5 aromatic carbocycles. The summed E-state index contributed by atoms with van der Waals surface area (Å²) in [5.41, 5.74) is 0.575. The summed E-state index contributed by atoms with van der Waals surface area (Å²) in [6.07, 6.45) is -15.3. The van der Waals surface area contributed by atoms with Gasteiger partial charge in [0.05, 0.1) is 47.6 Å². The topological polar surface area (TPSA) is 198 Å². The van der Waals surface area contributed by atoms with Gasteiger partial charge in [0.2, 0.25) is 0 Å². The van der Waals surface area contributed by atoms with Gasteiger partial charge >= 0.3 is 29.8 Å². The van der Waals surface area contributed by atoms with Crippen LogP contribution in [0.3, 0.4) is 0 Å².